The van der Waals surface area contributed by atoms with Crippen molar-refractivity contribution < 1.29 is 22.7 Å². The van der Waals surface area contributed by atoms with Gasteiger partial charge in [0.2, 0.25) is 11.8 Å². The van der Waals surface area contributed by atoms with Crippen LogP contribution >= 0.6 is 0 Å². The number of rotatable bonds is 14. The Balaban J connectivity index is 1.81. The predicted molar refractivity (Wildman–Crippen MR) is 177 cm³/mol. The Hall–Kier alpha value is -4.63. The average molecular weight is 628 g/mol. The lowest BCUT2D eigenvalue weighted by Crippen LogP contribution is -2.53. The van der Waals surface area contributed by atoms with E-state index in [-0.39, 0.29) is 35.4 Å². The van der Waals surface area contributed by atoms with E-state index in [0.29, 0.717) is 12.3 Å². The van der Waals surface area contributed by atoms with Crippen molar-refractivity contribution in [2.24, 2.45) is 5.92 Å². The third-order valence-corrected chi connectivity index (χ3v) is 9.17. The molecule has 0 aliphatic carbocycles. The van der Waals surface area contributed by atoms with Crippen LogP contribution in [0, 0.1) is 12.8 Å². The summed E-state index contributed by atoms with van der Waals surface area (Å²) in [6.45, 7) is 5.87. The Morgan fingerprint density at radius 1 is 0.800 bits per heavy atom. The van der Waals surface area contributed by atoms with Crippen LogP contribution in [0.3, 0.4) is 0 Å². The van der Waals surface area contributed by atoms with Crippen molar-refractivity contribution in [1.29, 1.82) is 0 Å². The minimum Gasteiger partial charge on any atom is -0.495 e. The summed E-state index contributed by atoms with van der Waals surface area (Å²) >= 11 is 0. The number of ether oxygens (including phenoxy) is 1. The molecule has 4 aromatic rings. The Morgan fingerprint density at radius 2 is 1.38 bits per heavy atom. The third kappa shape index (κ3) is 8.73. The van der Waals surface area contributed by atoms with Gasteiger partial charge in [-0.2, -0.15) is 0 Å². The Bertz CT molecular complexity index is 1660. The molecule has 4 rings (SSSR count). The van der Waals surface area contributed by atoms with Crippen LogP contribution in [-0.2, 0) is 32.6 Å². The molecule has 0 bridgehead atoms. The molecule has 1 atom stereocenters. The summed E-state index contributed by atoms with van der Waals surface area (Å²) in [5.41, 5.74) is 2.81. The number of nitrogens with one attached hydrogen (secondary N) is 1. The van der Waals surface area contributed by atoms with Gasteiger partial charge in [0.05, 0.1) is 17.7 Å². The van der Waals surface area contributed by atoms with Gasteiger partial charge < -0.3 is 15.0 Å². The number of benzene rings is 4. The maximum atomic E-state index is 14.5. The number of nitrogens with zero attached hydrogens (tertiary/aromatic N) is 2. The molecule has 236 valence electrons. The first kappa shape index (κ1) is 33.3. The van der Waals surface area contributed by atoms with E-state index in [1.807, 2.05) is 81.4 Å². The molecule has 0 aromatic heterocycles. The summed E-state index contributed by atoms with van der Waals surface area (Å²) < 4.78 is 35.1. The van der Waals surface area contributed by atoms with E-state index in [9.17, 15) is 18.0 Å². The maximum Gasteiger partial charge on any atom is 0.264 e. The van der Waals surface area contributed by atoms with E-state index >= 15 is 0 Å². The SMILES string of the molecule is COc1ccccc1N(CC(=O)N(Cc1ccccc1)[C@@H](Cc1ccccc1)C(=O)NCC(C)C)S(=O)(=O)c1ccc(C)cc1. The summed E-state index contributed by atoms with van der Waals surface area (Å²) in [6.07, 6.45) is 0.253. The quantitative estimate of drug-likeness (QED) is 0.196. The van der Waals surface area contributed by atoms with Crippen LogP contribution in [-0.4, -0.2) is 51.4 Å². The van der Waals surface area contributed by atoms with Crippen molar-refractivity contribution in [3.05, 3.63) is 126 Å². The first-order valence-electron chi connectivity index (χ1n) is 15.0. The van der Waals surface area contributed by atoms with Crippen LogP contribution in [0.1, 0.15) is 30.5 Å². The fourth-order valence-electron chi connectivity index (χ4n) is 4.94. The second kappa shape index (κ2) is 15.4. The number of hydrogen-bond acceptors (Lipinski definition) is 5. The van der Waals surface area contributed by atoms with Crippen molar-refractivity contribution in [3.8, 4) is 5.75 Å². The van der Waals surface area contributed by atoms with E-state index < -0.39 is 28.5 Å². The van der Waals surface area contributed by atoms with Crippen LogP contribution in [0.25, 0.3) is 0 Å². The molecule has 45 heavy (non-hydrogen) atoms. The zero-order valence-corrected chi connectivity index (χ0v) is 27.0. The molecule has 0 aliphatic rings. The largest absolute Gasteiger partial charge is 0.495 e. The average Bonchev–Trinajstić information content (AvgIpc) is 3.05. The van der Waals surface area contributed by atoms with Gasteiger partial charge in [0.1, 0.15) is 18.3 Å². The fourth-order valence-corrected chi connectivity index (χ4v) is 6.37. The van der Waals surface area contributed by atoms with Crippen molar-refractivity contribution in [1.82, 2.24) is 10.2 Å². The molecule has 2 amide bonds. The Labute approximate surface area is 266 Å². The molecule has 8 nitrogen and oxygen atoms in total. The lowest BCUT2D eigenvalue weighted by Gasteiger charge is -2.34. The van der Waals surface area contributed by atoms with E-state index in [1.54, 1.807) is 36.4 Å². The number of hydrogen-bond donors (Lipinski definition) is 1. The number of carbonyl (C=O) groups is 2. The highest BCUT2D eigenvalue weighted by Crippen LogP contribution is 2.32. The minimum absolute atomic E-state index is 0.0388. The molecule has 0 radical (unpaired) electrons. The summed E-state index contributed by atoms with van der Waals surface area (Å²) in [4.78, 5) is 29.9. The van der Waals surface area contributed by atoms with E-state index in [0.717, 1.165) is 21.0 Å². The van der Waals surface area contributed by atoms with E-state index in [2.05, 4.69) is 5.32 Å². The number of sulfonamides is 1. The van der Waals surface area contributed by atoms with Crippen LogP contribution in [0.4, 0.5) is 5.69 Å². The molecule has 0 saturated heterocycles. The van der Waals surface area contributed by atoms with Gasteiger partial charge in [-0.15, -0.1) is 0 Å². The molecule has 4 aromatic carbocycles. The van der Waals surface area contributed by atoms with Gasteiger partial charge in [0.25, 0.3) is 10.0 Å². The second-order valence-electron chi connectivity index (χ2n) is 11.3. The van der Waals surface area contributed by atoms with Crippen molar-refractivity contribution in [2.45, 2.75) is 44.7 Å². The summed E-state index contributed by atoms with van der Waals surface area (Å²) in [7, 11) is -2.77. The highest BCUT2D eigenvalue weighted by atomic mass is 32.2. The van der Waals surface area contributed by atoms with Crippen LogP contribution < -0.4 is 14.4 Å². The molecule has 0 saturated carbocycles. The van der Waals surface area contributed by atoms with Crippen LogP contribution in [0.5, 0.6) is 5.75 Å². The normalized spacial score (nSPS) is 11.9. The lowest BCUT2D eigenvalue weighted by atomic mass is 10.0. The zero-order valence-electron chi connectivity index (χ0n) is 26.2. The summed E-state index contributed by atoms with van der Waals surface area (Å²) in [5.74, 6) is -0.334. The first-order valence-corrected chi connectivity index (χ1v) is 16.4. The van der Waals surface area contributed by atoms with Gasteiger partial charge in [0, 0.05) is 19.5 Å². The smallest absolute Gasteiger partial charge is 0.264 e. The van der Waals surface area contributed by atoms with Crippen LogP contribution in [0.15, 0.2) is 114 Å². The fraction of sp³-hybridized carbons (Fsp3) is 0.278. The van der Waals surface area contributed by atoms with Gasteiger partial charge in [-0.1, -0.05) is 104 Å². The molecular weight excluding hydrogens is 586 g/mol. The van der Waals surface area contributed by atoms with E-state index in [1.165, 1.54) is 24.1 Å². The maximum absolute atomic E-state index is 14.5. The molecule has 0 fully saturated rings. The minimum atomic E-state index is -4.23. The lowest BCUT2D eigenvalue weighted by molar-refractivity contribution is -0.140. The number of methoxy groups -OCH3 is 1. The molecule has 0 unspecified atom stereocenters. The number of carbonyl (C=O) groups excluding carboxylic acids is 2. The monoisotopic (exact) mass is 627 g/mol. The number of anilines is 1. The zero-order chi connectivity index (χ0) is 32.4. The number of aryl methyl sites for hydroxylation is 1. The van der Waals surface area contributed by atoms with Gasteiger partial charge in [-0.05, 0) is 48.2 Å². The molecule has 0 heterocycles. The highest BCUT2D eigenvalue weighted by molar-refractivity contribution is 7.92. The summed E-state index contributed by atoms with van der Waals surface area (Å²) in [5, 5.41) is 3.00. The molecule has 0 aliphatic heterocycles. The van der Waals surface area contributed by atoms with Gasteiger partial charge >= 0.3 is 0 Å². The standard InChI is InChI=1S/C36H41N3O5S/c1-27(2)24-37-36(41)33(23-29-13-7-5-8-14-29)38(25-30-15-9-6-10-16-30)35(40)26-39(32-17-11-12-18-34(32)44-4)45(42,43)31-21-19-28(3)20-22-31/h5-22,27,33H,23-26H2,1-4H3,(H,37,41)/t33-/m0/s1. The second-order valence-corrected chi connectivity index (χ2v) is 13.2. The van der Waals surface area contributed by atoms with Crippen LogP contribution in [0.2, 0.25) is 0 Å². The molecule has 1 N–H and O–H groups in total. The first-order chi connectivity index (χ1) is 21.6. The molecular formula is C36H41N3O5S. The Morgan fingerprint density at radius 3 is 1.98 bits per heavy atom. The number of amides is 2. The summed E-state index contributed by atoms with van der Waals surface area (Å²) in [6, 6.07) is 31.1. The van der Waals surface area contributed by atoms with Gasteiger partial charge in [-0.25, -0.2) is 8.42 Å². The molecule has 9 heteroatoms. The van der Waals surface area contributed by atoms with Crippen molar-refractivity contribution >= 4 is 27.5 Å². The van der Waals surface area contributed by atoms with Crippen molar-refractivity contribution in [2.75, 3.05) is 24.5 Å². The predicted octanol–water partition coefficient (Wildman–Crippen LogP) is 5.61. The third-order valence-electron chi connectivity index (χ3n) is 7.39. The topological polar surface area (TPSA) is 96.0 Å². The van der Waals surface area contributed by atoms with Gasteiger partial charge in [0.15, 0.2) is 0 Å². The number of para-hydroxylation sites is 2. The molecule has 0 spiro atoms. The highest BCUT2D eigenvalue weighted by Gasteiger charge is 2.35. The van der Waals surface area contributed by atoms with Crippen molar-refractivity contribution in [3.63, 3.8) is 0 Å². The Kier molecular flexibility index (Phi) is 11.4. The van der Waals surface area contributed by atoms with E-state index in [4.69, 9.17) is 4.74 Å². The van der Waals surface area contributed by atoms with Gasteiger partial charge in [-0.3, -0.25) is 13.9 Å².